The molecule has 3 nitrogen and oxygen atoms in total. The van der Waals surface area contributed by atoms with Crippen LogP contribution in [0.5, 0.6) is 0 Å². The number of aliphatic hydroxyl groups excluding tert-OH is 1. The van der Waals surface area contributed by atoms with Gasteiger partial charge >= 0.3 is 0 Å². The molecule has 1 aliphatic heterocycles. The van der Waals surface area contributed by atoms with Crippen molar-refractivity contribution in [2.24, 2.45) is 11.8 Å². The molecule has 1 saturated carbocycles. The molecule has 1 N–H and O–H groups in total. The molecule has 2 rings (SSSR count). The van der Waals surface area contributed by atoms with Crippen molar-refractivity contribution >= 4 is 9.84 Å². The van der Waals surface area contributed by atoms with Crippen molar-refractivity contribution in [3.63, 3.8) is 0 Å². The van der Waals surface area contributed by atoms with Crippen molar-refractivity contribution in [2.45, 2.75) is 37.4 Å². The Morgan fingerprint density at radius 1 is 1.29 bits per heavy atom. The standard InChI is InChI=1S/C10H18O3S/c11-6-4-9(8-2-1-3-8)10-5-7-14(10,12)13/h8-11H,1-7H2. The number of rotatable bonds is 4. The van der Waals surface area contributed by atoms with Crippen molar-refractivity contribution in [1.82, 2.24) is 0 Å². The summed E-state index contributed by atoms with van der Waals surface area (Å²) in [5, 5.41) is 8.82. The summed E-state index contributed by atoms with van der Waals surface area (Å²) < 4.78 is 23.0. The molecule has 0 bridgehead atoms. The SMILES string of the molecule is O=S1(=O)CCC1C(CCO)C1CCC1. The van der Waals surface area contributed by atoms with E-state index >= 15 is 0 Å². The van der Waals surface area contributed by atoms with Gasteiger partial charge in [0.1, 0.15) is 0 Å². The fraction of sp³-hybridized carbons (Fsp3) is 1.00. The molecule has 0 aromatic heterocycles. The summed E-state index contributed by atoms with van der Waals surface area (Å²) in [7, 11) is -2.78. The van der Waals surface area contributed by atoms with Crippen LogP contribution in [0.25, 0.3) is 0 Å². The van der Waals surface area contributed by atoms with Gasteiger partial charge in [0.15, 0.2) is 9.84 Å². The molecule has 0 amide bonds. The number of aliphatic hydroxyl groups is 1. The van der Waals surface area contributed by atoms with E-state index in [1.54, 1.807) is 0 Å². The van der Waals surface area contributed by atoms with Gasteiger partial charge in [-0.15, -0.1) is 0 Å². The molecule has 1 saturated heterocycles. The highest BCUT2D eigenvalue weighted by Gasteiger charge is 2.45. The first-order valence-electron chi connectivity index (χ1n) is 5.47. The smallest absolute Gasteiger partial charge is 0.153 e. The van der Waals surface area contributed by atoms with Gasteiger partial charge in [-0.05, 0) is 24.7 Å². The predicted octanol–water partition coefficient (Wildman–Crippen LogP) is 0.972. The fourth-order valence-electron chi connectivity index (χ4n) is 2.67. The zero-order valence-electron chi connectivity index (χ0n) is 8.35. The predicted molar refractivity (Wildman–Crippen MR) is 54.7 cm³/mol. The molecule has 1 heterocycles. The van der Waals surface area contributed by atoms with Crippen molar-refractivity contribution in [2.75, 3.05) is 12.4 Å². The Kier molecular flexibility index (Phi) is 2.84. The Morgan fingerprint density at radius 3 is 2.29 bits per heavy atom. The molecule has 14 heavy (non-hydrogen) atoms. The second-order valence-corrected chi connectivity index (χ2v) is 6.90. The lowest BCUT2D eigenvalue weighted by Crippen LogP contribution is -2.46. The molecule has 0 aromatic carbocycles. The van der Waals surface area contributed by atoms with E-state index in [4.69, 9.17) is 5.11 Å². The molecule has 0 radical (unpaired) electrons. The minimum atomic E-state index is -2.78. The van der Waals surface area contributed by atoms with Crippen molar-refractivity contribution < 1.29 is 13.5 Å². The molecule has 1 aliphatic carbocycles. The lowest BCUT2D eigenvalue weighted by Gasteiger charge is -2.41. The highest BCUT2D eigenvalue weighted by Crippen LogP contribution is 2.42. The van der Waals surface area contributed by atoms with Gasteiger partial charge in [0.25, 0.3) is 0 Å². The van der Waals surface area contributed by atoms with Crippen LogP contribution in [-0.2, 0) is 9.84 Å². The van der Waals surface area contributed by atoms with Crippen LogP contribution >= 0.6 is 0 Å². The van der Waals surface area contributed by atoms with Gasteiger partial charge in [-0.25, -0.2) is 8.42 Å². The Hall–Kier alpha value is -0.0900. The molecule has 82 valence electrons. The normalized spacial score (nSPS) is 33.1. The zero-order valence-corrected chi connectivity index (χ0v) is 9.17. The molecule has 2 unspecified atom stereocenters. The van der Waals surface area contributed by atoms with E-state index in [1.807, 2.05) is 0 Å². The largest absolute Gasteiger partial charge is 0.396 e. The van der Waals surface area contributed by atoms with Gasteiger partial charge in [-0.1, -0.05) is 19.3 Å². The van der Waals surface area contributed by atoms with Crippen LogP contribution in [0.1, 0.15) is 32.1 Å². The van der Waals surface area contributed by atoms with E-state index in [2.05, 4.69) is 0 Å². The van der Waals surface area contributed by atoms with Crippen molar-refractivity contribution in [1.29, 1.82) is 0 Å². The van der Waals surface area contributed by atoms with Crippen LogP contribution in [0.2, 0.25) is 0 Å². The second kappa shape index (κ2) is 3.81. The highest BCUT2D eigenvalue weighted by molar-refractivity contribution is 7.93. The average molecular weight is 218 g/mol. The van der Waals surface area contributed by atoms with Gasteiger partial charge in [-0.2, -0.15) is 0 Å². The van der Waals surface area contributed by atoms with Gasteiger partial charge in [0.2, 0.25) is 0 Å². The van der Waals surface area contributed by atoms with Crippen LogP contribution < -0.4 is 0 Å². The Bertz CT molecular complexity index is 292. The van der Waals surface area contributed by atoms with Crippen LogP contribution in [0.3, 0.4) is 0 Å². The van der Waals surface area contributed by atoms with Gasteiger partial charge in [0, 0.05) is 6.61 Å². The third kappa shape index (κ3) is 1.70. The van der Waals surface area contributed by atoms with Crippen LogP contribution in [0.4, 0.5) is 0 Å². The van der Waals surface area contributed by atoms with E-state index in [-0.39, 0.29) is 17.8 Å². The Morgan fingerprint density at radius 2 is 2.00 bits per heavy atom. The maximum atomic E-state index is 11.5. The second-order valence-electron chi connectivity index (χ2n) is 4.56. The van der Waals surface area contributed by atoms with Gasteiger partial charge in [-0.3, -0.25) is 0 Å². The summed E-state index contributed by atoms with van der Waals surface area (Å²) in [6.45, 7) is 0.132. The van der Waals surface area contributed by atoms with Gasteiger partial charge < -0.3 is 5.11 Å². The molecule has 2 aliphatic rings. The molecular weight excluding hydrogens is 200 g/mol. The number of hydrogen-bond acceptors (Lipinski definition) is 3. The third-order valence-electron chi connectivity index (χ3n) is 3.84. The maximum absolute atomic E-state index is 11.5. The third-order valence-corrected chi connectivity index (χ3v) is 6.16. The molecule has 2 atom stereocenters. The summed E-state index contributed by atoms with van der Waals surface area (Å²) >= 11 is 0. The maximum Gasteiger partial charge on any atom is 0.153 e. The molecule has 2 fully saturated rings. The molecule has 0 spiro atoms. The molecule has 4 heteroatoms. The van der Waals surface area contributed by atoms with E-state index < -0.39 is 9.84 Å². The first kappa shape index (κ1) is 10.4. The molecule has 0 aromatic rings. The lowest BCUT2D eigenvalue weighted by molar-refractivity contribution is 0.150. The highest BCUT2D eigenvalue weighted by atomic mass is 32.2. The summed E-state index contributed by atoms with van der Waals surface area (Å²) in [5.41, 5.74) is 0. The quantitative estimate of drug-likeness (QED) is 0.765. The minimum absolute atomic E-state index is 0.125. The number of sulfone groups is 1. The minimum Gasteiger partial charge on any atom is -0.396 e. The summed E-state index contributed by atoms with van der Waals surface area (Å²) in [4.78, 5) is 0. The van der Waals surface area contributed by atoms with E-state index in [0.29, 0.717) is 18.1 Å². The average Bonchev–Trinajstić information content (AvgIpc) is 2.00. The Labute approximate surface area is 85.4 Å². The topological polar surface area (TPSA) is 54.4 Å². The summed E-state index contributed by atoms with van der Waals surface area (Å²) in [6.07, 6.45) is 5.06. The van der Waals surface area contributed by atoms with Crippen LogP contribution in [-0.4, -0.2) is 31.1 Å². The first-order valence-corrected chi connectivity index (χ1v) is 7.19. The fourth-order valence-corrected chi connectivity index (χ4v) is 4.45. The monoisotopic (exact) mass is 218 g/mol. The molecular formula is C10H18O3S. The zero-order chi connectivity index (χ0) is 10.2. The van der Waals surface area contributed by atoms with Crippen molar-refractivity contribution in [3.05, 3.63) is 0 Å². The van der Waals surface area contributed by atoms with E-state index in [1.165, 1.54) is 6.42 Å². The number of hydrogen-bond donors (Lipinski definition) is 1. The first-order chi connectivity index (χ1) is 6.65. The van der Waals surface area contributed by atoms with Crippen molar-refractivity contribution in [3.8, 4) is 0 Å². The summed E-state index contributed by atoms with van der Waals surface area (Å²) in [6, 6.07) is 0. The van der Waals surface area contributed by atoms with Crippen LogP contribution in [0.15, 0.2) is 0 Å². The van der Waals surface area contributed by atoms with Crippen LogP contribution in [0, 0.1) is 11.8 Å². The van der Waals surface area contributed by atoms with E-state index in [0.717, 1.165) is 19.3 Å². The lowest BCUT2D eigenvalue weighted by atomic mass is 9.72. The van der Waals surface area contributed by atoms with Gasteiger partial charge in [0.05, 0.1) is 11.0 Å². The summed E-state index contributed by atoms with van der Waals surface area (Å²) in [5.74, 6) is 1.18. The van der Waals surface area contributed by atoms with E-state index in [9.17, 15) is 8.42 Å². The Balaban J connectivity index is 2.02.